The fourth-order valence-corrected chi connectivity index (χ4v) is 2.17. The molecule has 1 aromatic carbocycles. The van der Waals surface area contributed by atoms with Crippen LogP contribution in [0.3, 0.4) is 0 Å². The van der Waals surface area contributed by atoms with E-state index >= 15 is 0 Å². The van der Waals surface area contributed by atoms with Crippen molar-refractivity contribution < 1.29 is 14.1 Å². The Balaban J connectivity index is 2.21. The fourth-order valence-electron chi connectivity index (χ4n) is 2.17. The average molecular weight is 297 g/mol. The average Bonchev–Trinajstić information content (AvgIpc) is 2.45. The number of hydrogen-bond donors (Lipinski definition) is 0. The largest absolute Gasteiger partial charge is 0.487 e. The quantitative estimate of drug-likeness (QED) is 0.318. The van der Waals surface area contributed by atoms with Gasteiger partial charge in [0.1, 0.15) is 5.82 Å². The number of unbranched alkanes of at least 4 members (excludes halogenated alkanes) is 7. The van der Waals surface area contributed by atoms with Crippen LogP contribution in [0.4, 0.5) is 10.1 Å². The predicted molar refractivity (Wildman–Crippen MR) is 81.2 cm³/mol. The van der Waals surface area contributed by atoms with Crippen molar-refractivity contribution >= 4 is 5.69 Å². The second kappa shape index (κ2) is 10.1. The monoisotopic (exact) mass is 297 g/mol. The van der Waals surface area contributed by atoms with Crippen molar-refractivity contribution in [3.63, 3.8) is 0 Å². The Labute approximate surface area is 125 Å². The van der Waals surface area contributed by atoms with Crippen LogP contribution in [-0.4, -0.2) is 11.5 Å². The first-order valence-electron chi connectivity index (χ1n) is 7.72. The molecule has 0 saturated carbocycles. The lowest BCUT2D eigenvalue weighted by molar-refractivity contribution is -0.385. The summed E-state index contributed by atoms with van der Waals surface area (Å²) >= 11 is 0. The van der Waals surface area contributed by atoms with Gasteiger partial charge in [-0.1, -0.05) is 51.9 Å². The molecular formula is C16H24FNO3. The first kappa shape index (κ1) is 17.4. The summed E-state index contributed by atoms with van der Waals surface area (Å²) in [6.07, 6.45) is 9.36. The highest BCUT2D eigenvalue weighted by atomic mass is 19.1. The standard InChI is InChI=1S/C16H24FNO3/c1-2-3-4-5-6-7-8-9-12-21-16-13-14(17)10-11-15(16)18(19)20/h10-11,13H,2-9,12H2,1H3. The topological polar surface area (TPSA) is 52.4 Å². The first-order chi connectivity index (χ1) is 10.1. The summed E-state index contributed by atoms with van der Waals surface area (Å²) < 4.78 is 18.4. The van der Waals surface area contributed by atoms with Crippen LogP contribution < -0.4 is 4.74 Å². The van der Waals surface area contributed by atoms with Crippen molar-refractivity contribution in [2.75, 3.05) is 6.61 Å². The third kappa shape index (κ3) is 7.06. The van der Waals surface area contributed by atoms with Gasteiger partial charge in [0.25, 0.3) is 0 Å². The molecule has 0 bridgehead atoms. The van der Waals surface area contributed by atoms with Gasteiger partial charge in [0.05, 0.1) is 11.5 Å². The number of nitro benzene ring substituents is 1. The van der Waals surface area contributed by atoms with E-state index in [-0.39, 0.29) is 11.4 Å². The maximum Gasteiger partial charge on any atom is 0.311 e. The van der Waals surface area contributed by atoms with Crippen LogP contribution in [0.25, 0.3) is 0 Å². The minimum absolute atomic E-state index is 0.0166. The zero-order chi connectivity index (χ0) is 15.5. The van der Waals surface area contributed by atoms with Gasteiger partial charge in [0.15, 0.2) is 5.75 Å². The maximum absolute atomic E-state index is 13.1. The number of nitro groups is 1. The van der Waals surface area contributed by atoms with Crippen molar-refractivity contribution in [1.82, 2.24) is 0 Å². The van der Waals surface area contributed by atoms with E-state index < -0.39 is 10.7 Å². The molecule has 0 aliphatic carbocycles. The minimum Gasteiger partial charge on any atom is -0.487 e. The molecule has 0 radical (unpaired) electrons. The lowest BCUT2D eigenvalue weighted by Gasteiger charge is -2.07. The molecule has 1 aromatic rings. The Kier molecular flexibility index (Phi) is 8.40. The third-order valence-electron chi connectivity index (χ3n) is 3.37. The summed E-state index contributed by atoms with van der Waals surface area (Å²) in [6, 6.07) is 3.28. The van der Waals surface area contributed by atoms with E-state index in [0.29, 0.717) is 6.61 Å². The molecule has 118 valence electrons. The summed E-state index contributed by atoms with van der Waals surface area (Å²) in [5.74, 6) is -0.505. The van der Waals surface area contributed by atoms with Crippen LogP contribution in [0.2, 0.25) is 0 Å². The van der Waals surface area contributed by atoms with E-state index in [1.54, 1.807) is 0 Å². The summed E-state index contributed by atoms with van der Waals surface area (Å²) in [4.78, 5) is 10.2. The first-order valence-corrected chi connectivity index (χ1v) is 7.72. The van der Waals surface area contributed by atoms with Crippen molar-refractivity contribution in [1.29, 1.82) is 0 Å². The molecule has 0 unspecified atom stereocenters. The molecule has 0 amide bonds. The molecule has 0 heterocycles. The molecule has 0 aliphatic heterocycles. The van der Waals surface area contributed by atoms with Crippen LogP contribution in [0.5, 0.6) is 5.75 Å². The molecule has 0 fully saturated rings. The maximum atomic E-state index is 13.1. The van der Waals surface area contributed by atoms with Crippen LogP contribution in [0, 0.1) is 15.9 Å². The van der Waals surface area contributed by atoms with Gasteiger partial charge in [-0.15, -0.1) is 0 Å². The minimum atomic E-state index is -0.553. The third-order valence-corrected chi connectivity index (χ3v) is 3.37. The highest BCUT2D eigenvalue weighted by molar-refractivity contribution is 5.46. The second-order valence-corrected chi connectivity index (χ2v) is 5.19. The van der Waals surface area contributed by atoms with Crippen LogP contribution in [-0.2, 0) is 0 Å². The number of halogens is 1. The van der Waals surface area contributed by atoms with E-state index in [1.165, 1.54) is 32.1 Å². The zero-order valence-corrected chi connectivity index (χ0v) is 12.6. The predicted octanol–water partition coefficient (Wildman–Crippen LogP) is 5.25. The molecule has 0 spiro atoms. The smallest absolute Gasteiger partial charge is 0.311 e. The Morgan fingerprint density at radius 2 is 1.71 bits per heavy atom. The number of nitrogens with zero attached hydrogens (tertiary/aromatic N) is 1. The van der Waals surface area contributed by atoms with Crippen LogP contribution >= 0.6 is 0 Å². The van der Waals surface area contributed by atoms with Gasteiger partial charge in [-0.25, -0.2) is 4.39 Å². The summed E-state index contributed by atoms with van der Waals surface area (Å²) in [5.41, 5.74) is -0.184. The highest BCUT2D eigenvalue weighted by Gasteiger charge is 2.15. The molecule has 1 rings (SSSR count). The number of benzene rings is 1. The van der Waals surface area contributed by atoms with Crippen molar-refractivity contribution in [3.8, 4) is 5.75 Å². The summed E-state index contributed by atoms with van der Waals surface area (Å²) in [7, 11) is 0. The fraction of sp³-hybridized carbons (Fsp3) is 0.625. The Bertz CT molecular complexity index is 438. The summed E-state index contributed by atoms with van der Waals surface area (Å²) in [5, 5.41) is 10.8. The van der Waals surface area contributed by atoms with Crippen LogP contribution in [0.1, 0.15) is 58.3 Å². The van der Waals surface area contributed by atoms with Crippen molar-refractivity contribution in [2.45, 2.75) is 58.3 Å². The van der Waals surface area contributed by atoms with Gasteiger partial charge in [-0.3, -0.25) is 10.1 Å². The number of rotatable bonds is 11. The van der Waals surface area contributed by atoms with Gasteiger partial charge in [-0.2, -0.15) is 0 Å². The van der Waals surface area contributed by atoms with Crippen LogP contribution in [0.15, 0.2) is 18.2 Å². The van der Waals surface area contributed by atoms with E-state index in [2.05, 4.69) is 6.92 Å². The van der Waals surface area contributed by atoms with E-state index in [1.807, 2.05) is 0 Å². The molecule has 0 atom stereocenters. The lowest BCUT2D eigenvalue weighted by atomic mass is 10.1. The van der Waals surface area contributed by atoms with Crippen molar-refractivity contribution in [3.05, 3.63) is 34.1 Å². The molecule has 5 heteroatoms. The van der Waals surface area contributed by atoms with Gasteiger partial charge in [0.2, 0.25) is 0 Å². The zero-order valence-electron chi connectivity index (χ0n) is 12.6. The van der Waals surface area contributed by atoms with E-state index in [9.17, 15) is 14.5 Å². The molecular weight excluding hydrogens is 273 g/mol. The van der Waals surface area contributed by atoms with Crippen molar-refractivity contribution in [2.24, 2.45) is 0 Å². The number of hydrogen-bond acceptors (Lipinski definition) is 3. The second-order valence-electron chi connectivity index (χ2n) is 5.19. The normalized spacial score (nSPS) is 10.6. The van der Waals surface area contributed by atoms with Gasteiger partial charge < -0.3 is 4.74 Å². The van der Waals surface area contributed by atoms with Gasteiger partial charge >= 0.3 is 5.69 Å². The molecule has 0 aliphatic rings. The molecule has 4 nitrogen and oxygen atoms in total. The Hall–Kier alpha value is -1.65. The Morgan fingerprint density at radius 3 is 2.33 bits per heavy atom. The Morgan fingerprint density at radius 1 is 1.10 bits per heavy atom. The van der Waals surface area contributed by atoms with Gasteiger partial charge in [0, 0.05) is 12.1 Å². The van der Waals surface area contributed by atoms with E-state index in [0.717, 1.165) is 37.5 Å². The summed E-state index contributed by atoms with van der Waals surface area (Å²) in [6.45, 7) is 2.59. The lowest BCUT2D eigenvalue weighted by Crippen LogP contribution is -2.01. The molecule has 0 N–H and O–H groups in total. The number of ether oxygens (including phenoxy) is 1. The van der Waals surface area contributed by atoms with Gasteiger partial charge in [-0.05, 0) is 12.5 Å². The molecule has 21 heavy (non-hydrogen) atoms. The SMILES string of the molecule is CCCCCCCCCCOc1cc(F)ccc1[N+](=O)[O-]. The highest BCUT2D eigenvalue weighted by Crippen LogP contribution is 2.27. The molecule has 0 saturated heterocycles. The molecule has 0 aromatic heterocycles. The van der Waals surface area contributed by atoms with E-state index in [4.69, 9.17) is 4.74 Å².